The topological polar surface area (TPSA) is 52.9 Å². The SMILES string of the molecule is CCC(C#N)NC(=O)c1ccc(Cl)cc1F. The molecule has 3 nitrogen and oxygen atoms in total. The summed E-state index contributed by atoms with van der Waals surface area (Å²) in [6, 6.07) is 5.07. The summed E-state index contributed by atoms with van der Waals surface area (Å²) in [5.74, 6) is -1.31. The Labute approximate surface area is 97.8 Å². The van der Waals surface area contributed by atoms with Crippen LogP contribution in [0.2, 0.25) is 5.02 Å². The maximum Gasteiger partial charge on any atom is 0.255 e. The third kappa shape index (κ3) is 2.94. The molecule has 0 aliphatic carbocycles. The number of halogens is 2. The van der Waals surface area contributed by atoms with E-state index in [4.69, 9.17) is 16.9 Å². The van der Waals surface area contributed by atoms with Gasteiger partial charge in [-0.05, 0) is 24.6 Å². The first kappa shape index (κ1) is 12.5. The van der Waals surface area contributed by atoms with Crippen LogP contribution in [0.1, 0.15) is 23.7 Å². The number of nitrogens with one attached hydrogen (secondary N) is 1. The van der Waals surface area contributed by atoms with Crippen LogP contribution in [0.25, 0.3) is 0 Å². The Hall–Kier alpha value is -1.60. The molecule has 0 aliphatic heterocycles. The van der Waals surface area contributed by atoms with Crippen molar-refractivity contribution in [2.45, 2.75) is 19.4 Å². The van der Waals surface area contributed by atoms with Crippen molar-refractivity contribution in [3.63, 3.8) is 0 Å². The lowest BCUT2D eigenvalue weighted by Crippen LogP contribution is -2.33. The monoisotopic (exact) mass is 240 g/mol. The van der Waals surface area contributed by atoms with Crippen LogP contribution in [0.15, 0.2) is 18.2 Å². The standard InChI is InChI=1S/C11H10ClFN2O/c1-2-8(6-14)15-11(16)9-4-3-7(12)5-10(9)13/h3-5,8H,2H2,1H3,(H,15,16). The number of rotatable bonds is 3. The van der Waals surface area contributed by atoms with Crippen LogP contribution in [-0.2, 0) is 0 Å². The van der Waals surface area contributed by atoms with E-state index in [-0.39, 0.29) is 10.6 Å². The Morgan fingerprint density at radius 3 is 2.88 bits per heavy atom. The van der Waals surface area contributed by atoms with Crippen molar-refractivity contribution in [2.24, 2.45) is 0 Å². The van der Waals surface area contributed by atoms with E-state index in [1.54, 1.807) is 6.92 Å². The molecule has 1 aromatic rings. The number of amides is 1. The molecule has 1 amide bonds. The highest BCUT2D eigenvalue weighted by molar-refractivity contribution is 6.30. The van der Waals surface area contributed by atoms with Gasteiger partial charge in [0.05, 0.1) is 11.6 Å². The average molecular weight is 241 g/mol. The van der Waals surface area contributed by atoms with Gasteiger partial charge in [0.1, 0.15) is 11.9 Å². The van der Waals surface area contributed by atoms with Crippen molar-refractivity contribution in [3.05, 3.63) is 34.6 Å². The fourth-order valence-electron chi connectivity index (χ4n) is 1.14. The molecule has 1 N–H and O–H groups in total. The molecule has 0 saturated carbocycles. The largest absolute Gasteiger partial charge is 0.336 e. The molecule has 0 radical (unpaired) electrons. The van der Waals surface area contributed by atoms with Crippen LogP contribution in [-0.4, -0.2) is 11.9 Å². The summed E-state index contributed by atoms with van der Waals surface area (Å²) in [6.45, 7) is 1.76. The number of carbonyl (C=O) groups is 1. The highest BCUT2D eigenvalue weighted by atomic mass is 35.5. The zero-order valence-electron chi connectivity index (χ0n) is 8.63. The van der Waals surface area contributed by atoms with Gasteiger partial charge in [0.15, 0.2) is 0 Å². The number of benzene rings is 1. The molecule has 0 aromatic heterocycles. The highest BCUT2D eigenvalue weighted by Gasteiger charge is 2.15. The fourth-order valence-corrected chi connectivity index (χ4v) is 1.29. The van der Waals surface area contributed by atoms with E-state index in [9.17, 15) is 9.18 Å². The summed E-state index contributed by atoms with van der Waals surface area (Å²) in [5, 5.41) is 11.3. The van der Waals surface area contributed by atoms with E-state index in [1.807, 2.05) is 6.07 Å². The number of nitrogens with zero attached hydrogens (tertiary/aromatic N) is 1. The molecule has 16 heavy (non-hydrogen) atoms. The van der Waals surface area contributed by atoms with Gasteiger partial charge in [0.25, 0.3) is 5.91 Å². The molecule has 1 unspecified atom stereocenters. The molecular formula is C11H10ClFN2O. The first-order valence-electron chi connectivity index (χ1n) is 4.74. The number of hydrogen-bond donors (Lipinski definition) is 1. The Morgan fingerprint density at radius 2 is 2.38 bits per heavy atom. The van der Waals surface area contributed by atoms with E-state index >= 15 is 0 Å². The van der Waals surface area contributed by atoms with Gasteiger partial charge in [-0.15, -0.1) is 0 Å². The normalized spacial score (nSPS) is 11.6. The molecule has 0 heterocycles. The number of hydrogen-bond acceptors (Lipinski definition) is 2. The van der Waals surface area contributed by atoms with Crippen LogP contribution in [0.3, 0.4) is 0 Å². The maximum atomic E-state index is 13.3. The smallest absolute Gasteiger partial charge is 0.255 e. The molecular weight excluding hydrogens is 231 g/mol. The summed E-state index contributed by atoms with van der Waals surface area (Å²) in [6.07, 6.45) is 0.470. The van der Waals surface area contributed by atoms with Crippen LogP contribution in [0, 0.1) is 17.1 Å². The summed E-state index contributed by atoms with van der Waals surface area (Å²) in [5.41, 5.74) is -0.113. The molecule has 1 atom stereocenters. The molecule has 0 spiro atoms. The maximum absolute atomic E-state index is 13.3. The predicted molar refractivity (Wildman–Crippen MR) is 58.6 cm³/mol. The highest BCUT2D eigenvalue weighted by Crippen LogP contribution is 2.14. The predicted octanol–water partition coefficient (Wildman–Crippen LogP) is 2.51. The van der Waals surface area contributed by atoms with E-state index in [0.717, 1.165) is 6.07 Å². The minimum Gasteiger partial charge on any atom is -0.336 e. The molecule has 0 bridgehead atoms. The summed E-state index contributed by atoms with van der Waals surface area (Å²) >= 11 is 5.56. The Morgan fingerprint density at radius 1 is 1.69 bits per heavy atom. The van der Waals surface area contributed by atoms with Crippen molar-refractivity contribution in [3.8, 4) is 6.07 Å². The van der Waals surface area contributed by atoms with Crippen molar-refractivity contribution in [1.82, 2.24) is 5.32 Å². The minimum absolute atomic E-state index is 0.113. The number of carbonyl (C=O) groups excluding carboxylic acids is 1. The molecule has 0 fully saturated rings. The summed E-state index contributed by atoms with van der Waals surface area (Å²) < 4.78 is 13.3. The van der Waals surface area contributed by atoms with Crippen LogP contribution in [0.5, 0.6) is 0 Å². The van der Waals surface area contributed by atoms with Crippen molar-refractivity contribution in [2.75, 3.05) is 0 Å². The van der Waals surface area contributed by atoms with E-state index in [1.165, 1.54) is 12.1 Å². The second kappa shape index (κ2) is 5.47. The molecule has 1 aromatic carbocycles. The molecule has 0 saturated heterocycles. The van der Waals surface area contributed by atoms with Gasteiger partial charge in [-0.25, -0.2) is 4.39 Å². The summed E-state index contributed by atoms with van der Waals surface area (Å²) in [4.78, 5) is 11.6. The van der Waals surface area contributed by atoms with Crippen molar-refractivity contribution >= 4 is 17.5 Å². The van der Waals surface area contributed by atoms with Crippen LogP contribution in [0.4, 0.5) is 4.39 Å². The Balaban J connectivity index is 2.85. The van der Waals surface area contributed by atoms with Gasteiger partial charge in [0.2, 0.25) is 0 Å². The first-order valence-corrected chi connectivity index (χ1v) is 5.11. The summed E-state index contributed by atoms with van der Waals surface area (Å²) in [7, 11) is 0. The molecule has 0 aliphatic rings. The van der Waals surface area contributed by atoms with Gasteiger partial charge in [-0.2, -0.15) is 5.26 Å². The fraction of sp³-hybridized carbons (Fsp3) is 0.273. The van der Waals surface area contributed by atoms with Crippen LogP contribution < -0.4 is 5.32 Å². The average Bonchev–Trinajstić information content (AvgIpc) is 2.25. The zero-order chi connectivity index (χ0) is 12.1. The first-order chi connectivity index (χ1) is 7.58. The van der Waals surface area contributed by atoms with E-state index in [0.29, 0.717) is 6.42 Å². The quantitative estimate of drug-likeness (QED) is 0.883. The van der Waals surface area contributed by atoms with E-state index in [2.05, 4.69) is 5.32 Å². The van der Waals surface area contributed by atoms with Gasteiger partial charge < -0.3 is 5.32 Å². The van der Waals surface area contributed by atoms with E-state index < -0.39 is 17.8 Å². The second-order valence-corrected chi connectivity index (χ2v) is 3.62. The molecule has 84 valence electrons. The lowest BCUT2D eigenvalue weighted by Gasteiger charge is -2.09. The van der Waals surface area contributed by atoms with Crippen LogP contribution >= 0.6 is 11.6 Å². The van der Waals surface area contributed by atoms with Crippen molar-refractivity contribution < 1.29 is 9.18 Å². The van der Waals surface area contributed by atoms with Gasteiger partial charge in [-0.1, -0.05) is 18.5 Å². The lowest BCUT2D eigenvalue weighted by molar-refractivity contribution is 0.0940. The van der Waals surface area contributed by atoms with Crippen molar-refractivity contribution in [1.29, 1.82) is 5.26 Å². The molecule has 5 heteroatoms. The lowest BCUT2D eigenvalue weighted by atomic mass is 10.1. The van der Waals surface area contributed by atoms with Gasteiger partial charge in [-0.3, -0.25) is 4.79 Å². The number of nitriles is 1. The minimum atomic E-state index is -0.696. The van der Waals surface area contributed by atoms with Gasteiger partial charge in [0, 0.05) is 5.02 Å². The Kier molecular flexibility index (Phi) is 4.27. The third-order valence-corrected chi connectivity index (χ3v) is 2.28. The Bertz CT molecular complexity index is 442. The van der Waals surface area contributed by atoms with Gasteiger partial charge >= 0.3 is 0 Å². The third-order valence-electron chi connectivity index (χ3n) is 2.05. The zero-order valence-corrected chi connectivity index (χ0v) is 9.38. The molecule has 1 rings (SSSR count). The second-order valence-electron chi connectivity index (χ2n) is 3.19.